The van der Waals surface area contributed by atoms with E-state index in [1.165, 1.54) is 11.0 Å². The molecule has 2 heterocycles. The van der Waals surface area contributed by atoms with Crippen molar-refractivity contribution in [1.29, 1.82) is 0 Å². The number of furan rings is 1. The van der Waals surface area contributed by atoms with Gasteiger partial charge in [-0.1, -0.05) is 11.6 Å². The van der Waals surface area contributed by atoms with Gasteiger partial charge in [0.05, 0.1) is 5.69 Å². The van der Waals surface area contributed by atoms with Crippen molar-refractivity contribution in [3.8, 4) is 0 Å². The summed E-state index contributed by atoms with van der Waals surface area (Å²) in [6.07, 6.45) is 1.40. The summed E-state index contributed by atoms with van der Waals surface area (Å²) in [7, 11) is 0. The molecule has 2 amide bonds. The monoisotopic (exact) mass is 346 g/mol. The smallest absolute Gasteiger partial charge is 0.270 e. The van der Waals surface area contributed by atoms with Crippen LogP contribution < -0.4 is 10.2 Å². The first-order chi connectivity index (χ1) is 11.0. The minimum Gasteiger partial charge on any atom is -0.462 e. The Kier molecular flexibility index (Phi) is 4.02. The molecule has 1 saturated heterocycles. The van der Waals surface area contributed by atoms with Gasteiger partial charge in [0.25, 0.3) is 11.8 Å². The van der Waals surface area contributed by atoms with Gasteiger partial charge < -0.3 is 4.42 Å². The molecule has 0 radical (unpaired) electrons. The third-order valence-electron chi connectivity index (χ3n) is 3.23. The van der Waals surface area contributed by atoms with Crippen LogP contribution in [-0.2, 0) is 9.59 Å². The van der Waals surface area contributed by atoms with Crippen molar-refractivity contribution < 1.29 is 14.0 Å². The number of nitrogens with one attached hydrogen (secondary N) is 1. The van der Waals surface area contributed by atoms with Crippen LogP contribution in [0.2, 0.25) is 5.02 Å². The van der Waals surface area contributed by atoms with E-state index in [0.29, 0.717) is 22.2 Å². The number of aryl methyl sites for hydroxylation is 1. The molecule has 0 atom stereocenters. The second kappa shape index (κ2) is 5.98. The van der Waals surface area contributed by atoms with Gasteiger partial charge in [0, 0.05) is 5.02 Å². The normalized spacial score (nSPS) is 16.9. The third-order valence-corrected chi connectivity index (χ3v) is 3.77. The Morgan fingerprint density at radius 3 is 2.48 bits per heavy atom. The number of benzene rings is 1. The second-order valence-electron chi connectivity index (χ2n) is 4.88. The van der Waals surface area contributed by atoms with Gasteiger partial charge in [0.1, 0.15) is 17.1 Å². The van der Waals surface area contributed by atoms with E-state index in [1.807, 2.05) is 0 Å². The predicted molar refractivity (Wildman–Crippen MR) is 91.1 cm³/mol. The van der Waals surface area contributed by atoms with E-state index < -0.39 is 11.8 Å². The molecule has 2 aromatic rings. The van der Waals surface area contributed by atoms with Gasteiger partial charge in [-0.05, 0) is 61.6 Å². The lowest BCUT2D eigenvalue weighted by Crippen LogP contribution is -2.54. The van der Waals surface area contributed by atoms with Gasteiger partial charge >= 0.3 is 0 Å². The number of carbonyl (C=O) groups excluding carboxylic acids is 2. The Morgan fingerprint density at radius 1 is 1.17 bits per heavy atom. The molecule has 1 N–H and O–H groups in total. The lowest BCUT2D eigenvalue weighted by Gasteiger charge is -2.28. The van der Waals surface area contributed by atoms with Crippen LogP contribution in [0.1, 0.15) is 11.5 Å². The molecule has 1 aromatic heterocycles. The number of hydrogen-bond acceptors (Lipinski definition) is 4. The first-order valence-corrected chi connectivity index (χ1v) is 7.48. The zero-order valence-electron chi connectivity index (χ0n) is 12.0. The van der Waals surface area contributed by atoms with Gasteiger partial charge in [0.15, 0.2) is 5.11 Å². The number of amides is 2. The van der Waals surface area contributed by atoms with Crippen LogP contribution in [-0.4, -0.2) is 16.9 Å². The fourth-order valence-electron chi connectivity index (χ4n) is 2.16. The molecule has 1 fully saturated rings. The first kappa shape index (κ1) is 15.5. The molecule has 3 rings (SSSR count). The highest BCUT2D eigenvalue weighted by Gasteiger charge is 2.34. The molecule has 23 heavy (non-hydrogen) atoms. The van der Waals surface area contributed by atoms with Crippen molar-refractivity contribution in [3.63, 3.8) is 0 Å². The quantitative estimate of drug-likeness (QED) is 0.515. The number of nitrogens with zero attached hydrogens (tertiary/aromatic N) is 1. The lowest BCUT2D eigenvalue weighted by atomic mass is 10.1. The molecule has 5 nitrogen and oxygen atoms in total. The maximum Gasteiger partial charge on any atom is 0.270 e. The Bertz CT molecular complexity index is 839. The van der Waals surface area contributed by atoms with Crippen LogP contribution in [0.5, 0.6) is 0 Å². The Labute approximate surface area is 142 Å². The topological polar surface area (TPSA) is 62.6 Å². The summed E-state index contributed by atoms with van der Waals surface area (Å²) in [5.74, 6) is 0.0323. The van der Waals surface area contributed by atoms with Gasteiger partial charge in [-0.3, -0.25) is 19.8 Å². The molecule has 0 bridgehead atoms. The molecule has 7 heteroatoms. The largest absolute Gasteiger partial charge is 0.462 e. The van der Waals surface area contributed by atoms with Crippen LogP contribution in [0.3, 0.4) is 0 Å². The molecule has 0 unspecified atom stereocenters. The summed E-state index contributed by atoms with van der Waals surface area (Å²) in [6.45, 7) is 1.78. The molecular formula is C16H11ClN2O3S. The number of rotatable bonds is 2. The summed E-state index contributed by atoms with van der Waals surface area (Å²) in [5, 5.41) is 3.06. The minimum atomic E-state index is -0.556. The third kappa shape index (κ3) is 3.04. The predicted octanol–water partition coefficient (Wildman–Crippen LogP) is 3.07. The maximum absolute atomic E-state index is 12.7. The van der Waals surface area contributed by atoms with Gasteiger partial charge in [-0.25, -0.2) is 0 Å². The Morgan fingerprint density at radius 2 is 1.87 bits per heavy atom. The van der Waals surface area contributed by atoms with Crippen LogP contribution in [0.15, 0.2) is 46.4 Å². The van der Waals surface area contributed by atoms with Crippen molar-refractivity contribution in [2.45, 2.75) is 6.92 Å². The van der Waals surface area contributed by atoms with Crippen LogP contribution in [0.25, 0.3) is 6.08 Å². The van der Waals surface area contributed by atoms with Gasteiger partial charge in [0.2, 0.25) is 0 Å². The van der Waals surface area contributed by atoms with E-state index in [0.717, 1.165) is 0 Å². The highest BCUT2D eigenvalue weighted by Crippen LogP contribution is 2.24. The Hall–Kier alpha value is -2.44. The summed E-state index contributed by atoms with van der Waals surface area (Å²) < 4.78 is 5.39. The molecule has 116 valence electrons. The summed E-state index contributed by atoms with van der Waals surface area (Å²) in [5.41, 5.74) is 0.467. The fourth-order valence-corrected chi connectivity index (χ4v) is 2.56. The van der Waals surface area contributed by atoms with Crippen LogP contribution >= 0.6 is 23.8 Å². The molecule has 1 aromatic carbocycles. The van der Waals surface area contributed by atoms with E-state index in [2.05, 4.69) is 5.32 Å². The number of halogens is 1. The number of thiocarbonyl (C=S) groups is 1. The van der Waals surface area contributed by atoms with E-state index in [1.54, 1.807) is 43.3 Å². The minimum absolute atomic E-state index is 0.0232. The zero-order valence-corrected chi connectivity index (χ0v) is 13.6. The van der Waals surface area contributed by atoms with Gasteiger partial charge in [-0.2, -0.15) is 0 Å². The zero-order chi connectivity index (χ0) is 16.6. The molecule has 1 aliphatic heterocycles. The number of carbonyl (C=O) groups is 2. The molecule has 0 saturated carbocycles. The number of anilines is 1. The SMILES string of the molecule is Cc1ccc(C=C2C(=O)NC(=S)N(c3ccc(Cl)cc3)C2=O)o1. The fraction of sp³-hybridized carbons (Fsp3) is 0.0625. The van der Waals surface area contributed by atoms with Crippen molar-refractivity contribution in [2.75, 3.05) is 4.90 Å². The lowest BCUT2D eigenvalue weighted by molar-refractivity contribution is -0.122. The van der Waals surface area contributed by atoms with E-state index >= 15 is 0 Å². The Balaban J connectivity index is 2.00. The highest BCUT2D eigenvalue weighted by atomic mass is 35.5. The van der Waals surface area contributed by atoms with E-state index in [-0.39, 0.29) is 10.7 Å². The summed E-state index contributed by atoms with van der Waals surface area (Å²) in [6, 6.07) is 10.0. The molecule has 0 aliphatic carbocycles. The second-order valence-corrected chi connectivity index (χ2v) is 5.71. The number of hydrogen-bond donors (Lipinski definition) is 1. The average molecular weight is 347 g/mol. The highest BCUT2D eigenvalue weighted by molar-refractivity contribution is 7.80. The average Bonchev–Trinajstić information content (AvgIpc) is 2.91. The van der Waals surface area contributed by atoms with Crippen molar-refractivity contribution >= 4 is 52.5 Å². The van der Waals surface area contributed by atoms with Crippen molar-refractivity contribution in [2.24, 2.45) is 0 Å². The maximum atomic E-state index is 12.7. The summed E-state index contributed by atoms with van der Waals surface area (Å²) >= 11 is 11.0. The standard InChI is InChI=1S/C16H11ClN2O3S/c1-9-2-7-12(22-9)8-13-14(20)18-16(23)19(15(13)21)11-5-3-10(17)4-6-11/h2-8H,1H3,(H,18,20,23). The molecule has 0 spiro atoms. The van der Waals surface area contributed by atoms with Crippen molar-refractivity contribution in [1.82, 2.24) is 5.32 Å². The van der Waals surface area contributed by atoms with Crippen LogP contribution in [0, 0.1) is 6.92 Å². The van der Waals surface area contributed by atoms with Crippen LogP contribution in [0.4, 0.5) is 5.69 Å². The van der Waals surface area contributed by atoms with Gasteiger partial charge in [-0.15, -0.1) is 0 Å². The van der Waals surface area contributed by atoms with Crippen molar-refractivity contribution in [3.05, 3.63) is 58.5 Å². The first-order valence-electron chi connectivity index (χ1n) is 6.69. The molecule has 1 aliphatic rings. The van der Waals surface area contributed by atoms with E-state index in [9.17, 15) is 9.59 Å². The molecular weight excluding hydrogens is 336 g/mol. The van der Waals surface area contributed by atoms with E-state index in [4.69, 9.17) is 28.2 Å². The summed E-state index contributed by atoms with van der Waals surface area (Å²) in [4.78, 5) is 26.0.